The summed E-state index contributed by atoms with van der Waals surface area (Å²) in [6.45, 7) is 12.7. The van der Waals surface area contributed by atoms with Gasteiger partial charge in [-0.25, -0.2) is 21.1 Å². The maximum atomic E-state index is 10.3. The number of esters is 1. The van der Waals surface area contributed by atoms with Gasteiger partial charge < -0.3 is 19.3 Å². The van der Waals surface area contributed by atoms with E-state index in [0.29, 0.717) is 0 Å². The van der Waals surface area contributed by atoms with Gasteiger partial charge in [-0.1, -0.05) is 11.6 Å². The normalized spacial score (nSPS) is 8.89. The summed E-state index contributed by atoms with van der Waals surface area (Å²) in [5.74, 6) is 5.21. The second kappa shape index (κ2) is 44.1. The van der Waals surface area contributed by atoms with Crippen LogP contribution in [0.5, 0.6) is 0 Å². The fourth-order valence-electron chi connectivity index (χ4n) is 0. The number of sulfone groups is 1. The number of hydrogen-bond donors (Lipinski definition) is 0. The monoisotopic (exact) mass is 717 g/mol. The SMILES string of the molecule is CC#CC.CC(=O)N(C)C.CC=C(C)C.CN(C)C.CN(C)S(C)(=O)=O.COC.COC(C)=O.COS(C)(=O)=O.CS(C)(=O)=O. The molecule has 45 heavy (non-hydrogen) atoms. The van der Waals surface area contributed by atoms with Crippen molar-refractivity contribution in [3.63, 3.8) is 0 Å². The lowest BCUT2D eigenvalue weighted by Crippen LogP contribution is -2.19. The summed E-state index contributed by atoms with van der Waals surface area (Å²) in [6, 6.07) is 0. The van der Waals surface area contributed by atoms with Gasteiger partial charge in [0.2, 0.25) is 15.9 Å². The van der Waals surface area contributed by atoms with E-state index in [4.69, 9.17) is 0 Å². The molecule has 0 bridgehead atoms. The number of ether oxygens (including phenoxy) is 2. The Balaban J connectivity index is -0.0000000467. The minimum absolute atomic E-state index is 0.0926. The third-order valence-corrected chi connectivity index (χ3v) is 4.64. The molecule has 0 radical (unpaired) electrons. The van der Waals surface area contributed by atoms with Gasteiger partial charge in [0.1, 0.15) is 9.84 Å². The molecule has 0 unspecified atom stereocenters. The van der Waals surface area contributed by atoms with Gasteiger partial charge in [0, 0.05) is 68.8 Å². The largest absolute Gasteiger partial charge is 0.469 e. The fourth-order valence-corrected chi connectivity index (χ4v) is 0. The molecule has 17 heteroatoms. The maximum Gasteiger partial charge on any atom is 0.302 e. The van der Waals surface area contributed by atoms with Crippen LogP contribution in [-0.4, -0.2) is 154 Å². The average molecular weight is 718 g/mol. The van der Waals surface area contributed by atoms with E-state index in [2.05, 4.69) is 45.4 Å². The lowest BCUT2D eigenvalue weighted by Gasteiger charge is -2.02. The van der Waals surface area contributed by atoms with Gasteiger partial charge in [0.05, 0.1) is 26.7 Å². The first kappa shape index (κ1) is 65.6. The van der Waals surface area contributed by atoms with Crippen molar-refractivity contribution in [2.24, 2.45) is 0 Å². The first-order valence-corrected chi connectivity index (χ1v) is 18.7. The first-order valence-electron chi connectivity index (χ1n) is 12.7. The summed E-state index contributed by atoms with van der Waals surface area (Å²) in [4.78, 5) is 23.2. The highest BCUT2D eigenvalue weighted by molar-refractivity contribution is 7.90. The molecule has 0 aliphatic heterocycles. The van der Waals surface area contributed by atoms with Crippen LogP contribution in [0.3, 0.4) is 0 Å². The molecule has 0 rings (SSSR count). The topological polar surface area (TPSA) is 174 Å². The zero-order valence-electron chi connectivity index (χ0n) is 32.1. The van der Waals surface area contributed by atoms with E-state index in [1.54, 1.807) is 28.3 Å². The van der Waals surface area contributed by atoms with Crippen LogP contribution in [0.4, 0.5) is 0 Å². The Morgan fingerprint density at radius 1 is 0.667 bits per heavy atom. The van der Waals surface area contributed by atoms with Crippen LogP contribution >= 0.6 is 0 Å². The fraction of sp³-hybridized carbons (Fsp3) is 0.786. The van der Waals surface area contributed by atoms with Crippen LogP contribution in [0.25, 0.3) is 0 Å². The molecule has 1 amide bonds. The van der Waals surface area contributed by atoms with E-state index in [0.717, 1.165) is 36.4 Å². The Hall–Kier alpha value is -2.07. The predicted octanol–water partition coefficient (Wildman–Crippen LogP) is 2.48. The van der Waals surface area contributed by atoms with Crippen molar-refractivity contribution in [2.45, 2.75) is 48.5 Å². The van der Waals surface area contributed by atoms with Gasteiger partial charge in [-0.2, -0.15) is 8.42 Å². The number of allylic oxidation sites excluding steroid dienone is 2. The molecule has 0 aromatic carbocycles. The third-order valence-electron chi connectivity index (χ3n) is 2.71. The van der Waals surface area contributed by atoms with Crippen molar-refractivity contribution in [2.75, 3.05) is 103 Å². The van der Waals surface area contributed by atoms with Crippen molar-refractivity contribution in [1.82, 2.24) is 14.1 Å². The lowest BCUT2D eigenvalue weighted by atomic mass is 10.3. The van der Waals surface area contributed by atoms with Gasteiger partial charge in [-0.3, -0.25) is 13.8 Å². The van der Waals surface area contributed by atoms with Crippen molar-refractivity contribution < 1.29 is 48.5 Å². The Morgan fingerprint density at radius 3 is 0.800 bits per heavy atom. The number of methoxy groups -OCH3 is 2. The highest BCUT2D eigenvalue weighted by atomic mass is 32.2. The molecular weight excluding hydrogens is 651 g/mol. The standard InChI is InChI=1S/C5H10.C4H9NO.C4H6.C3H9NO2S.C3H9N.C3H6O2.C2H6O3S.C2H6O2S.C2H6O/c1-4-5(2)3;1-4(6)5(2)3;1-3-4-2;1-4(2)7(3,5)6;1-4(2)3;1-3(4)5-2;1-5-6(2,3)4;1-5(2,3)4;1-3-2/h4H,1-3H3;1-3H3;1-2H3;1-3H3;1-3H3;1-2H3;1-2H3;1-2H3;1-2H3. The summed E-state index contributed by atoms with van der Waals surface area (Å²) in [5.41, 5.74) is 1.38. The highest BCUT2D eigenvalue weighted by Gasteiger charge is 2.01. The van der Waals surface area contributed by atoms with Crippen molar-refractivity contribution in [3.8, 4) is 11.8 Å². The van der Waals surface area contributed by atoms with Gasteiger partial charge in [-0.15, -0.1) is 11.8 Å². The Bertz CT molecular complexity index is 1040. The second-order valence-corrected chi connectivity index (χ2v) is 15.5. The van der Waals surface area contributed by atoms with E-state index in [1.165, 1.54) is 45.5 Å². The summed E-state index contributed by atoms with van der Waals surface area (Å²) in [5, 5.41) is 0. The van der Waals surface area contributed by atoms with Crippen molar-refractivity contribution in [1.29, 1.82) is 0 Å². The number of sulfonamides is 1. The Labute approximate surface area is 278 Å². The van der Waals surface area contributed by atoms with Crippen LogP contribution in [0.15, 0.2) is 11.6 Å². The van der Waals surface area contributed by atoms with E-state index >= 15 is 0 Å². The van der Waals surface area contributed by atoms with Gasteiger partial charge >= 0.3 is 5.97 Å². The number of rotatable bonds is 2. The number of hydrogen-bond acceptors (Lipinski definition) is 12. The molecule has 0 heterocycles. The lowest BCUT2D eigenvalue weighted by molar-refractivity contribution is -0.138. The number of nitrogens with zero attached hydrogens (tertiary/aromatic N) is 3. The molecule has 0 spiro atoms. The molecule has 0 aromatic heterocycles. The molecule has 0 atom stereocenters. The zero-order valence-corrected chi connectivity index (χ0v) is 34.6. The predicted molar refractivity (Wildman–Crippen MR) is 190 cm³/mol. The molecule has 0 aliphatic rings. The van der Waals surface area contributed by atoms with Crippen molar-refractivity contribution in [3.05, 3.63) is 11.6 Å². The van der Waals surface area contributed by atoms with Crippen LogP contribution in [-0.2, 0) is 53.2 Å². The third kappa shape index (κ3) is 263. The molecule has 0 aliphatic carbocycles. The Morgan fingerprint density at radius 2 is 0.800 bits per heavy atom. The van der Waals surface area contributed by atoms with E-state index in [-0.39, 0.29) is 11.9 Å². The molecule has 0 saturated heterocycles. The maximum absolute atomic E-state index is 10.3. The minimum Gasteiger partial charge on any atom is -0.469 e. The van der Waals surface area contributed by atoms with Crippen LogP contribution < -0.4 is 0 Å². The van der Waals surface area contributed by atoms with Gasteiger partial charge in [0.15, 0.2) is 0 Å². The van der Waals surface area contributed by atoms with Crippen LogP contribution in [0.1, 0.15) is 48.5 Å². The summed E-state index contributed by atoms with van der Waals surface area (Å²) in [6.07, 6.45) is 6.56. The molecule has 278 valence electrons. The molecule has 0 N–H and O–H groups in total. The summed E-state index contributed by atoms with van der Waals surface area (Å²) < 4.78 is 72.8. The first-order chi connectivity index (χ1) is 19.7. The quantitative estimate of drug-likeness (QED) is 0.177. The number of amides is 1. The van der Waals surface area contributed by atoms with Gasteiger partial charge in [0.25, 0.3) is 10.1 Å². The van der Waals surface area contributed by atoms with E-state index < -0.39 is 30.0 Å². The van der Waals surface area contributed by atoms with E-state index in [9.17, 15) is 34.8 Å². The number of carbonyl (C=O) groups excluding carboxylic acids is 2. The Kier molecular flexibility index (Phi) is 64.2. The zero-order chi connectivity index (χ0) is 39.2. The molecule has 0 fully saturated rings. The van der Waals surface area contributed by atoms with Gasteiger partial charge in [-0.05, 0) is 55.8 Å². The smallest absolute Gasteiger partial charge is 0.302 e. The summed E-state index contributed by atoms with van der Waals surface area (Å²) in [7, 11) is 9.42. The molecule has 0 aromatic rings. The molecule has 0 saturated carbocycles. The van der Waals surface area contributed by atoms with Crippen LogP contribution in [0.2, 0.25) is 0 Å². The summed E-state index contributed by atoms with van der Waals surface area (Å²) >= 11 is 0. The second-order valence-electron chi connectivity index (χ2n) is 9.28. The average Bonchev–Trinajstić information content (AvgIpc) is 2.83. The van der Waals surface area contributed by atoms with Crippen LogP contribution in [0, 0.1) is 11.8 Å². The highest BCUT2D eigenvalue weighted by Crippen LogP contribution is 1.83. The van der Waals surface area contributed by atoms with Crippen molar-refractivity contribution >= 4 is 41.9 Å². The molecular formula is C28H67N3O11S3. The number of carbonyl (C=O) groups is 2. The minimum atomic E-state index is -3.16. The molecule has 14 nitrogen and oxygen atoms in total. The van der Waals surface area contributed by atoms with E-state index in [1.807, 2.05) is 46.8 Å².